The lowest BCUT2D eigenvalue weighted by Crippen LogP contribution is -2.47. The van der Waals surface area contributed by atoms with Crippen molar-refractivity contribution in [1.82, 2.24) is 10.0 Å². The van der Waals surface area contributed by atoms with Gasteiger partial charge < -0.3 is 14.8 Å². The number of ether oxygens (including phenoxy) is 2. The first-order valence-electron chi connectivity index (χ1n) is 8.69. The molecule has 156 valence electrons. The molecule has 0 aliphatic carbocycles. The molecule has 1 aromatic rings. The fourth-order valence-electron chi connectivity index (χ4n) is 2.16. The van der Waals surface area contributed by atoms with Gasteiger partial charge in [-0.05, 0) is 25.0 Å². The molecule has 10 heteroatoms. The Labute approximate surface area is 164 Å². The van der Waals surface area contributed by atoms with E-state index in [1.54, 1.807) is 19.1 Å². The molecule has 2 atom stereocenters. The van der Waals surface area contributed by atoms with Crippen LogP contribution < -0.4 is 10.0 Å². The van der Waals surface area contributed by atoms with Crippen LogP contribution in [0, 0.1) is 12.8 Å². The minimum absolute atomic E-state index is 0.0121. The van der Waals surface area contributed by atoms with E-state index in [1.807, 2.05) is 13.8 Å². The largest absolute Gasteiger partial charge is 0.467 e. The number of hydrogen-bond donors (Lipinski definition) is 2. The molecule has 0 aliphatic rings. The molecular weight excluding hydrogens is 388 g/mol. The van der Waals surface area contributed by atoms with Gasteiger partial charge in [0, 0.05) is 0 Å². The second-order valence-corrected chi connectivity index (χ2v) is 8.02. The SMILES string of the molecule is CC[C@H](C)[C@@H](NC(=O)COC(=O)CNS(=O)(=O)c1ccc(C)cc1)C(=O)OC. The van der Waals surface area contributed by atoms with Crippen LogP contribution in [0.4, 0.5) is 0 Å². The molecule has 1 rings (SSSR count). The second-order valence-electron chi connectivity index (χ2n) is 6.25. The van der Waals surface area contributed by atoms with E-state index < -0.39 is 47.1 Å². The Morgan fingerprint density at radius 2 is 1.75 bits per heavy atom. The third-order valence-corrected chi connectivity index (χ3v) is 5.50. The van der Waals surface area contributed by atoms with Gasteiger partial charge in [0.1, 0.15) is 12.6 Å². The molecule has 0 radical (unpaired) electrons. The standard InChI is InChI=1S/C18H26N2O7S/c1-5-13(3)17(18(23)26-4)20-15(21)11-27-16(22)10-19-28(24,25)14-8-6-12(2)7-9-14/h6-9,13,17,19H,5,10-11H2,1-4H3,(H,20,21)/t13-,17+/m0/s1. The molecule has 0 saturated heterocycles. The van der Waals surface area contributed by atoms with E-state index >= 15 is 0 Å². The van der Waals surface area contributed by atoms with E-state index in [0.717, 1.165) is 5.56 Å². The Morgan fingerprint density at radius 3 is 2.29 bits per heavy atom. The van der Waals surface area contributed by atoms with Crippen molar-refractivity contribution in [2.45, 2.75) is 38.1 Å². The minimum atomic E-state index is -3.87. The van der Waals surface area contributed by atoms with Gasteiger partial charge in [-0.2, -0.15) is 4.72 Å². The number of esters is 2. The van der Waals surface area contributed by atoms with Crippen LogP contribution in [-0.4, -0.2) is 52.6 Å². The summed E-state index contributed by atoms with van der Waals surface area (Å²) in [6, 6.07) is 5.23. The molecule has 0 unspecified atom stereocenters. The first-order valence-corrected chi connectivity index (χ1v) is 10.2. The van der Waals surface area contributed by atoms with E-state index in [4.69, 9.17) is 4.74 Å². The Kier molecular flexibility index (Phi) is 9.07. The summed E-state index contributed by atoms with van der Waals surface area (Å²) < 4.78 is 35.7. The summed E-state index contributed by atoms with van der Waals surface area (Å²) in [6.07, 6.45) is 0.626. The minimum Gasteiger partial charge on any atom is -0.467 e. The topological polar surface area (TPSA) is 128 Å². The third-order valence-electron chi connectivity index (χ3n) is 4.09. The van der Waals surface area contributed by atoms with Crippen molar-refractivity contribution in [2.24, 2.45) is 5.92 Å². The molecule has 0 bridgehead atoms. The van der Waals surface area contributed by atoms with Gasteiger partial charge in [0.25, 0.3) is 5.91 Å². The van der Waals surface area contributed by atoms with Crippen molar-refractivity contribution >= 4 is 27.9 Å². The zero-order valence-electron chi connectivity index (χ0n) is 16.4. The van der Waals surface area contributed by atoms with E-state index in [-0.39, 0.29) is 10.8 Å². The quantitative estimate of drug-likeness (QED) is 0.534. The molecule has 9 nitrogen and oxygen atoms in total. The number of aryl methyl sites for hydroxylation is 1. The maximum atomic E-state index is 12.1. The number of carbonyl (C=O) groups excluding carboxylic acids is 3. The van der Waals surface area contributed by atoms with E-state index in [0.29, 0.717) is 6.42 Å². The zero-order valence-corrected chi connectivity index (χ0v) is 17.2. The van der Waals surface area contributed by atoms with E-state index in [9.17, 15) is 22.8 Å². The molecule has 0 fully saturated rings. The predicted octanol–water partition coefficient (Wildman–Crippen LogP) is 0.520. The smallest absolute Gasteiger partial charge is 0.328 e. The summed E-state index contributed by atoms with van der Waals surface area (Å²) in [5.41, 5.74) is 0.895. The number of nitrogens with one attached hydrogen (secondary N) is 2. The number of sulfonamides is 1. The van der Waals surface area contributed by atoms with Crippen molar-refractivity contribution in [1.29, 1.82) is 0 Å². The highest BCUT2D eigenvalue weighted by Gasteiger charge is 2.27. The lowest BCUT2D eigenvalue weighted by atomic mass is 9.99. The van der Waals surface area contributed by atoms with Crippen LogP contribution in [0.3, 0.4) is 0 Å². The van der Waals surface area contributed by atoms with Gasteiger partial charge in [0.05, 0.1) is 12.0 Å². The Hall–Kier alpha value is -2.46. The van der Waals surface area contributed by atoms with Crippen LogP contribution in [0.2, 0.25) is 0 Å². The van der Waals surface area contributed by atoms with Gasteiger partial charge in [-0.1, -0.05) is 38.0 Å². The first kappa shape index (κ1) is 23.6. The maximum absolute atomic E-state index is 12.1. The van der Waals surface area contributed by atoms with Gasteiger partial charge in [-0.25, -0.2) is 13.2 Å². The fraction of sp³-hybridized carbons (Fsp3) is 0.500. The summed E-state index contributed by atoms with van der Waals surface area (Å²) >= 11 is 0. The van der Waals surface area contributed by atoms with Gasteiger partial charge in [-0.3, -0.25) is 9.59 Å². The van der Waals surface area contributed by atoms with Crippen LogP contribution in [-0.2, 0) is 33.9 Å². The van der Waals surface area contributed by atoms with Gasteiger partial charge in [0.15, 0.2) is 6.61 Å². The number of methoxy groups -OCH3 is 1. The third kappa shape index (κ3) is 7.28. The van der Waals surface area contributed by atoms with Gasteiger partial charge >= 0.3 is 11.9 Å². The Bertz CT molecular complexity index is 791. The maximum Gasteiger partial charge on any atom is 0.328 e. The van der Waals surface area contributed by atoms with Crippen LogP contribution in [0.25, 0.3) is 0 Å². The molecule has 0 heterocycles. The molecule has 0 saturated carbocycles. The summed E-state index contributed by atoms with van der Waals surface area (Å²) in [7, 11) is -2.66. The van der Waals surface area contributed by atoms with Crippen LogP contribution >= 0.6 is 0 Å². The summed E-state index contributed by atoms with van der Waals surface area (Å²) in [4.78, 5) is 35.4. The highest BCUT2D eigenvalue weighted by Crippen LogP contribution is 2.10. The average Bonchev–Trinajstić information content (AvgIpc) is 2.68. The van der Waals surface area contributed by atoms with Crippen LogP contribution in [0.5, 0.6) is 0 Å². The Balaban J connectivity index is 2.52. The number of rotatable bonds is 10. The predicted molar refractivity (Wildman–Crippen MR) is 101 cm³/mol. The first-order chi connectivity index (χ1) is 13.1. The van der Waals surface area contributed by atoms with Crippen molar-refractivity contribution in [3.8, 4) is 0 Å². The Morgan fingerprint density at radius 1 is 1.14 bits per heavy atom. The summed E-state index contributed by atoms with van der Waals surface area (Å²) in [6.45, 7) is 4.17. The fourth-order valence-corrected chi connectivity index (χ4v) is 3.13. The van der Waals surface area contributed by atoms with Crippen molar-refractivity contribution in [2.75, 3.05) is 20.3 Å². The van der Waals surface area contributed by atoms with Crippen molar-refractivity contribution in [3.63, 3.8) is 0 Å². The number of hydrogen-bond acceptors (Lipinski definition) is 7. The summed E-state index contributed by atoms with van der Waals surface area (Å²) in [5, 5.41) is 2.45. The monoisotopic (exact) mass is 414 g/mol. The molecule has 2 N–H and O–H groups in total. The van der Waals surface area contributed by atoms with Crippen molar-refractivity contribution < 1.29 is 32.3 Å². The zero-order chi connectivity index (χ0) is 21.3. The van der Waals surface area contributed by atoms with Crippen molar-refractivity contribution in [3.05, 3.63) is 29.8 Å². The second kappa shape index (κ2) is 10.8. The molecule has 1 aromatic carbocycles. The van der Waals surface area contributed by atoms with E-state index in [2.05, 4.69) is 14.8 Å². The van der Waals surface area contributed by atoms with Gasteiger partial charge in [-0.15, -0.1) is 0 Å². The lowest BCUT2D eigenvalue weighted by molar-refractivity contribution is -0.150. The number of carbonyl (C=O) groups is 3. The lowest BCUT2D eigenvalue weighted by Gasteiger charge is -2.21. The van der Waals surface area contributed by atoms with Crippen LogP contribution in [0.1, 0.15) is 25.8 Å². The van der Waals surface area contributed by atoms with Crippen LogP contribution in [0.15, 0.2) is 29.2 Å². The normalized spacial score (nSPS) is 13.3. The molecule has 0 aromatic heterocycles. The summed E-state index contributed by atoms with van der Waals surface area (Å²) in [5.74, 6) is -2.39. The highest BCUT2D eigenvalue weighted by molar-refractivity contribution is 7.89. The molecule has 1 amide bonds. The van der Waals surface area contributed by atoms with Gasteiger partial charge in [0.2, 0.25) is 10.0 Å². The highest BCUT2D eigenvalue weighted by atomic mass is 32.2. The molecular formula is C18H26N2O7S. The average molecular weight is 414 g/mol. The number of amides is 1. The number of benzene rings is 1. The molecule has 0 spiro atoms. The molecule has 0 aliphatic heterocycles. The molecule has 28 heavy (non-hydrogen) atoms. The van der Waals surface area contributed by atoms with E-state index in [1.165, 1.54) is 19.2 Å².